The van der Waals surface area contributed by atoms with Crippen molar-refractivity contribution in [3.8, 4) is 0 Å². The second-order valence-corrected chi connectivity index (χ2v) is 5.17. The van der Waals surface area contributed by atoms with Gasteiger partial charge in [0.15, 0.2) is 0 Å². The normalized spacial score (nSPS) is 17.0. The molecule has 1 amide bonds. The lowest BCUT2D eigenvalue weighted by molar-refractivity contribution is 0.100. The van der Waals surface area contributed by atoms with Crippen LogP contribution in [0.2, 0.25) is 0 Å². The van der Waals surface area contributed by atoms with E-state index in [4.69, 9.17) is 5.73 Å². The van der Waals surface area contributed by atoms with Crippen molar-refractivity contribution in [2.75, 3.05) is 16.8 Å². The minimum Gasteiger partial charge on any atom is -0.382 e. The molecule has 0 radical (unpaired) electrons. The van der Waals surface area contributed by atoms with Gasteiger partial charge in [-0.05, 0) is 36.5 Å². The number of para-hydroxylation sites is 1. The molecule has 4 heteroatoms. The fraction of sp³-hybridized carbons (Fsp3) is 0.417. The lowest BCUT2D eigenvalue weighted by atomic mass is 10.1. The monoisotopic (exact) mass is 236 g/mol. The van der Waals surface area contributed by atoms with Crippen molar-refractivity contribution in [1.29, 1.82) is 0 Å². The van der Waals surface area contributed by atoms with E-state index in [9.17, 15) is 4.79 Å². The number of amides is 1. The van der Waals surface area contributed by atoms with Crippen LogP contribution in [0.15, 0.2) is 24.3 Å². The molecule has 0 spiro atoms. The van der Waals surface area contributed by atoms with E-state index in [1.807, 2.05) is 30.0 Å². The standard InChI is InChI=1S/C12H16N2OS/c13-12(15)10-3-1-2-4-11(10)14-9-5-7-16-8-6-9/h1-4,9,14H,5-8H2,(H2,13,15). The quantitative estimate of drug-likeness (QED) is 0.845. The van der Waals surface area contributed by atoms with Crippen molar-refractivity contribution in [3.05, 3.63) is 29.8 Å². The molecule has 1 aromatic carbocycles. The molecule has 3 N–H and O–H groups in total. The number of hydrogen-bond donors (Lipinski definition) is 2. The van der Waals surface area contributed by atoms with Crippen molar-refractivity contribution in [2.45, 2.75) is 18.9 Å². The number of nitrogens with one attached hydrogen (secondary N) is 1. The van der Waals surface area contributed by atoms with Gasteiger partial charge in [0.1, 0.15) is 0 Å². The summed E-state index contributed by atoms with van der Waals surface area (Å²) in [5.74, 6) is 2.01. The van der Waals surface area contributed by atoms with Crippen molar-refractivity contribution in [3.63, 3.8) is 0 Å². The van der Waals surface area contributed by atoms with Gasteiger partial charge >= 0.3 is 0 Å². The van der Waals surface area contributed by atoms with Gasteiger partial charge in [0, 0.05) is 11.7 Å². The smallest absolute Gasteiger partial charge is 0.250 e. The number of rotatable bonds is 3. The molecule has 3 nitrogen and oxygen atoms in total. The summed E-state index contributed by atoms with van der Waals surface area (Å²) >= 11 is 1.99. The van der Waals surface area contributed by atoms with Crippen LogP contribution in [0.25, 0.3) is 0 Å². The summed E-state index contributed by atoms with van der Waals surface area (Å²) in [6, 6.07) is 7.92. The van der Waals surface area contributed by atoms with Gasteiger partial charge in [0.2, 0.25) is 0 Å². The number of nitrogens with two attached hydrogens (primary N) is 1. The average molecular weight is 236 g/mol. The number of hydrogen-bond acceptors (Lipinski definition) is 3. The van der Waals surface area contributed by atoms with E-state index in [0.717, 1.165) is 18.5 Å². The van der Waals surface area contributed by atoms with E-state index in [0.29, 0.717) is 11.6 Å². The zero-order valence-corrected chi connectivity index (χ0v) is 9.93. The topological polar surface area (TPSA) is 55.1 Å². The number of thioether (sulfide) groups is 1. The van der Waals surface area contributed by atoms with Crippen LogP contribution >= 0.6 is 11.8 Å². The molecule has 1 saturated heterocycles. The van der Waals surface area contributed by atoms with E-state index >= 15 is 0 Å². The summed E-state index contributed by atoms with van der Waals surface area (Å²) in [4.78, 5) is 11.2. The number of primary amides is 1. The summed E-state index contributed by atoms with van der Waals surface area (Å²) in [5, 5.41) is 3.42. The minimum absolute atomic E-state index is 0.367. The molecule has 2 rings (SSSR count). The first-order valence-corrected chi connectivity index (χ1v) is 6.66. The van der Waals surface area contributed by atoms with Crippen LogP contribution in [0, 0.1) is 0 Å². The largest absolute Gasteiger partial charge is 0.382 e. The van der Waals surface area contributed by atoms with Gasteiger partial charge in [0.25, 0.3) is 5.91 Å². The highest BCUT2D eigenvalue weighted by Crippen LogP contribution is 2.22. The minimum atomic E-state index is -0.367. The third kappa shape index (κ3) is 2.70. The fourth-order valence-corrected chi connectivity index (χ4v) is 2.99. The summed E-state index contributed by atoms with van der Waals surface area (Å²) in [6.07, 6.45) is 2.30. The van der Waals surface area contributed by atoms with Crippen molar-refractivity contribution in [2.24, 2.45) is 5.73 Å². The highest BCUT2D eigenvalue weighted by Gasteiger charge is 2.15. The van der Waals surface area contributed by atoms with Crippen molar-refractivity contribution in [1.82, 2.24) is 0 Å². The second kappa shape index (κ2) is 5.25. The van der Waals surface area contributed by atoms with Gasteiger partial charge in [-0.15, -0.1) is 0 Å². The van der Waals surface area contributed by atoms with Crippen LogP contribution < -0.4 is 11.1 Å². The predicted octanol–water partition coefficient (Wildman–Crippen LogP) is 2.09. The molecule has 1 fully saturated rings. The van der Waals surface area contributed by atoms with Gasteiger partial charge in [-0.25, -0.2) is 0 Å². The molecule has 0 saturated carbocycles. The Hall–Kier alpha value is -1.16. The van der Waals surface area contributed by atoms with Crippen molar-refractivity contribution >= 4 is 23.4 Å². The predicted molar refractivity (Wildman–Crippen MR) is 68.9 cm³/mol. The van der Waals surface area contributed by atoms with Crippen LogP contribution in [0.1, 0.15) is 23.2 Å². The van der Waals surface area contributed by atoms with E-state index in [1.54, 1.807) is 6.07 Å². The Morgan fingerprint density at radius 3 is 2.69 bits per heavy atom. The Balaban J connectivity index is 2.10. The molecule has 0 atom stereocenters. The Kier molecular flexibility index (Phi) is 3.72. The number of benzene rings is 1. The maximum atomic E-state index is 11.2. The van der Waals surface area contributed by atoms with Crippen molar-refractivity contribution < 1.29 is 4.79 Å². The van der Waals surface area contributed by atoms with Crippen LogP contribution in [0.4, 0.5) is 5.69 Å². The van der Waals surface area contributed by atoms with E-state index < -0.39 is 0 Å². The van der Waals surface area contributed by atoms with E-state index in [-0.39, 0.29) is 5.91 Å². The number of anilines is 1. The highest BCUT2D eigenvalue weighted by molar-refractivity contribution is 7.99. The molecule has 0 aliphatic carbocycles. The summed E-state index contributed by atoms with van der Waals surface area (Å²) in [6.45, 7) is 0. The molecule has 1 aromatic rings. The lowest BCUT2D eigenvalue weighted by Gasteiger charge is -2.24. The van der Waals surface area contributed by atoms with Gasteiger partial charge in [-0.2, -0.15) is 11.8 Å². The van der Waals surface area contributed by atoms with E-state index in [1.165, 1.54) is 11.5 Å². The molecular formula is C12H16N2OS. The van der Waals surface area contributed by atoms with Gasteiger partial charge in [0.05, 0.1) is 5.56 Å². The maximum absolute atomic E-state index is 11.2. The van der Waals surface area contributed by atoms with E-state index in [2.05, 4.69) is 5.32 Å². The first kappa shape index (κ1) is 11.3. The molecular weight excluding hydrogens is 220 g/mol. The Morgan fingerprint density at radius 2 is 2.00 bits per heavy atom. The van der Waals surface area contributed by atoms with Gasteiger partial charge < -0.3 is 11.1 Å². The number of carbonyl (C=O) groups is 1. The molecule has 0 bridgehead atoms. The third-order valence-electron chi connectivity index (χ3n) is 2.77. The van der Waals surface area contributed by atoms with Crippen LogP contribution in [0.3, 0.4) is 0 Å². The third-order valence-corrected chi connectivity index (χ3v) is 3.82. The highest BCUT2D eigenvalue weighted by atomic mass is 32.2. The SMILES string of the molecule is NC(=O)c1ccccc1NC1CCSCC1. The van der Waals surface area contributed by atoms with Crippen LogP contribution in [-0.4, -0.2) is 23.5 Å². The Morgan fingerprint density at radius 1 is 1.31 bits per heavy atom. The van der Waals surface area contributed by atoms with Gasteiger partial charge in [-0.3, -0.25) is 4.79 Å². The maximum Gasteiger partial charge on any atom is 0.250 e. The lowest BCUT2D eigenvalue weighted by Crippen LogP contribution is -2.26. The summed E-state index contributed by atoms with van der Waals surface area (Å²) < 4.78 is 0. The molecule has 1 aliphatic heterocycles. The summed E-state index contributed by atoms with van der Waals surface area (Å²) in [7, 11) is 0. The molecule has 86 valence electrons. The Labute approximate surface area is 99.8 Å². The zero-order chi connectivity index (χ0) is 11.4. The molecule has 0 unspecified atom stereocenters. The molecule has 1 heterocycles. The Bertz CT molecular complexity index is 375. The van der Waals surface area contributed by atoms with Crippen LogP contribution in [0.5, 0.6) is 0 Å². The molecule has 16 heavy (non-hydrogen) atoms. The fourth-order valence-electron chi connectivity index (χ4n) is 1.89. The van der Waals surface area contributed by atoms with Crippen LogP contribution in [-0.2, 0) is 0 Å². The first-order valence-electron chi connectivity index (χ1n) is 5.50. The zero-order valence-electron chi connectivity index (χ0n) is 9.11. The van der Waals surface area contributed by atoms with Gasteiger partial charge in [-0.1, -0.05) is 12.1 Å². The molecule has 0 aromatic heterocycles. The second-order valence-electron chi connectivity index (χ2n) is 3.94. The number of carbonyl (C=O) groups excluding carboxylic acids is 1. The average Bonchev–Trinajstić information content (AvgIpc) is 2.31. The first-order chi connectivity index (χ1) is 7.77. The molecule has 1 aliphatic rings. The summed E-state index contributed by atoms with van der Waals surface area (Å²) in [5.41, 5.74) is 6.79.